The fraction of sp³-hybridized carbons (Fsp3) is 0.238. The predicted octanol–water partition coefficient (Wildman–Crippen LogP) is 3.41. The number of carbonyl (C=O) groups excluding carboxylic acids is 1. The number of hydrogen-bond donors (Lipinski definition) is 1. The summed E-state index contributed by atoms with van der Waals surface area (Å²) < 4.78 is 20.8. The Labute approximate surface area is 162 Å². The lowest BCUT2D eigenvalue weighted by molar-refractivity contribution is 0.102. The molecule has 0 radical (unpaired) electrons. The van der Waals surface area contributed by atoms with Gasteiger partial charge >= 0.3 is 0 Å². The van der Waals surface area contributed by atoms with Crippen molar-refractivity contribution in [1.82, 2.24) is 9.78 Å². The van der Waals surface area contributed by atoms with Crippen LogP contribution in [0, 0.1) is 12.7 Å². The van der Waals surface area contributed by atoms with Gasteiger partial charge in [0.1, 0.15) is 11.5 Å². The number of amides is 1. The molecule has 0 spiro atoms. The molecule has 0 atom stereocenters. The highest BCUT2D eigenvalue weighted by Crippen LogP contribution is 2.21. The third kappa shape index (κ3) is 3.61. The molecule has 1 amide bonds. The Morgan fingerprint density at radius 1 is 1.11 bits per heavy atom. The largest absolute Gasteiger partial charge is 0.378 e. The first-order valence-electron chi connectivity index (χ1n) is 9.17. The minimum absolute atomic E-state index is 0.279. The second kappa shape index (κ2) is 7.82. The number of para-hydroxylation sites is 1. The van der Waals surface area contributed by atoms with Crippen LogP contribution in [0.25, 0.3) is 5.69 Å². The molecule has 0 aliphatic carbocycles. The first kappa shape index (κ1) is 18.2. The van der Waals surface area contributed by atoms with Gasteiger partial charge in [-0.05, 0) is 43.3 Å². The van der Waals surface area contributed by atoms with Crippen LogP contribution in [-0.4, -0.2) is 42.0 Å². The molecule has 3 aromatic rings. The van der Waals surface area contributed by atoms with E-state index in [2.05, 4.69) is 15.3 Å². The third-order valence-corrected chi connectivity index (χ3v) is 4.84. The normalized spacial score (nSPS) is 14.1. The second-order valence-electron chi connectivity index (χ2n) is 6.61. The molecule has 1 aliphatic heterocycles. The van der Waals surface area contributed by atoms with E-state index in [0.29, 0.717) is 22.6 Å². The Hall–Kier alpha value is -3.19. The molecule has 4 rings (SSSR count). The molecule has 0 bridgehead atoms. The van der Waals surface area contributed by atoms with E-state index in [-0.39, 0.29) is 11.7 Å². The Kier molecular flexibility index (Phi) is 5.08. The number of aromatic nitrogens is 2. The quantitative estimate of drug-likeness (QED) is 0.754. The molecule has 1 fully saturated rings. The zero-order valence-corrected chi connectivity index (χ0v) is 15.6. The Morgan fingerprint density at radius 3 is 2.54 bits per heavy atom. The summed E-state index contributed by atoms with van der Waals surface area (Å²) in [5.74, 6) is -0.668. The molecular formula is C21H21FN4O2. The summed E-state index contributed by atoms with van der Waals surface area (Å²) in [5, 5.41) is 7.06. The zero-order valence-electron chi connectivity index (χ0n) is 15.6. The number of anilines is 2. The van der Waals surface area contributed by atoms with E-state index in [9.17, 15) is 9.18 Å². The van der Waals surface area contributed by atoms with Crippen LogP contribution in [0.3, 0.4) is 0 Å². The van der Waals surface area contributed by atoms with Crippen LogP contribution in [-0.2, 0) is 4.74 Å². The summed E-state index contributed by atoms with van der Waals surface area (Å²) in [6.07, 6.45) is 1.46. The van der Waals surface area contributed by atoms with Gasteiger partial charge in [-0.15, -0.1) is 0 Å². The first-order chi connectivity index (χ1) is 13.6. The number of morpholine rings is 1. The van der Waals surface area contributed by atoms with Crippen molar-refractivity contribution >= 4 is 17.3 Å². The number of nitrogens with zero attached hydrogens (tertiary/aromatic N) is 3. The van der Waals surface area contributed by atoms with Crippen molar-refractivity contribution in [2.24, 2.45) is 0 Å². The van der Waals surface area contributed by atoms with Crippen LogP contribution in [0.15, 0.2) is 54.7 Å². The van der Waals surface area contributed by atoms with Gasteiger partial charge in [-0.25, -0.2) is 9.07 Å². The summed E-state index contributed by atoms with van der Waals surface area (Å²) in [6.45, 7) is 4.92. The number of carbonyl (C=O) groups is 1. The molecule has 7 heteroatoms. The van der Waals surface area contributed by atoms with Gasteiger partial charge in [-0.3, -0.25) is 4.79 Å². The smallest absolute Gasteiger partial charge is 0.259 e. The lowest BCUT2D eigenvalue weighted by atomic mass is 10.2. The monoisotopic (exact) mass is 380 g/mol. The molecule has 0 unspecified atom stereocenters. The van der Waals surface area contributed by atoms with Gasteiger partial charge in [0.25, 0.3) is 5.91 Å². The average molecular weight is 380 g/mol. The van der Waals surface area contributed by atoms with Crippen molar-refractivity contribution in [2.75, 3.05) is 36.5 Å². The van der Waals surface area contributed by atoms with Gasteiger partial charge in [0.05, 0.1) is 30.7 Å². The minimum atomic E-state index is -0.389. The fourth-order valence-corrected chi connectivity index (χ4v) is 3.27. The Balaban J connectivity index is 1.49. The molecule has 28 heavy (non-hydrogen) atoms. The maximum atomic E-state index is 14.0. The van der Waals surface area contributed by atoms with Gasteiger partial charge < -0.3 is 15.0 Å². The maximum absolute atomic E-state index is 14.0. The van der Waals surface area contributed by atoms with Crippen LogP contribution in [0.4, 0.5) is 15.8 Å². The molecule has 1 aromatic heterocycles. The summed E-state index contributed by atoms with van der Waals surface area (Å²) in [6, 6.07) is 14.1. The molecule has 1 aliphatic rings. The van der Waals surface area contributed by atoms with Crippen LogP contribution in [0.2, 0.25) is 0 Å². The van der Waals surface area contributed by atoms with Crippen LogP contribution in [0.1, 0.15) is 16.1 Å². The molecule has 1 saturated heterocycles. The summed E-state index contributed by atoms with van der Waals surface area (Å²) >= 11 is 0. The number of benzene rings is 2. The predicted molar refractivity (Wildman–Crippen MR) is 106 cm³/mol. The van der Waals surface area contributed by atoms with Crippen molar-refractivity contribution in [3.63, 3.8) is 0 Å². The van der Waals surface area contributed by atoms with Crippen molar-refractivity contribution in [1.29, 1.82) is 0 Å². The number of hydrogen-bond acceptors (Lipinski definition) is 4. The van der Waals surface area contributed by atoms with Crippen LogP contribution in [0.5, 0.6) is 0 Å². The maximum Gasteiger partial charge on any atom is 0.259 e. The molecule has 2 heterocycles. The standard InChI is InChI=1S/C21H21FN4O2/c1-15-18(14-23-26(15)20-5-3-2-4-19(20)22)21(27)24-16-6-8-17(9-7-16)25-10-12-28-13-11-25/h2-9,14H,10-13H2,1H3,(H,24,27). The van der Waals surface area contributed by atoms with Crippen LogP contribution < -0.4 is 10.2 Å². The van der Waals surface area contributed by atoms with E-state index in [1.165, 1.54) is 16.9 Å². The zero-order chi connectivity index (χ0) is 19.5. The molecule has 144 valence electrons. The van der Waals surface area contributed by atoms with Crippen molar-refractivity contribution in [3.05, 3.63) is 71.8 Å². The van der Waals surface area contributed by atoms with E-state index in [4.69, 9.17) is 4.74 Å². The first-order valence-corrected chi connectivity index (χ1v) is 9.17. The van der Waals surface area contributed by atoms with Gasteiger partial charge in [0, 0.05) is 24.5 Å². The van der Waals surface area contributed by atoms with Crippen molar-refractivity contribution in [3.8, 4) is 5.69 Å². The van der Waals surface area contributed by atoms with Gasteiger partial charge in [0.15, 0.2) is 0 Å². The van der Waals surface area contributed by atoms with E-state index in [1.54, 1.807) is 25.1 Å². The van der Waals surface area contributed by atoms with Gasteiger partial charge in [-0.1, -0.05) is 12.1 Å². The third-order valence-electron chi connectivity index (χ3n) is 4.84. The minimum Gasteiger partial charge on any atom is -0.378 e. The number of nitrogens with one attached hydrogen (secondary N) is 1. The lowest BCUT2D eigenvalue weighted by Crippen LogP contribution is -2.36. The van der Waals surface area contributed by atoms with Gasteiger partial charge in [0.2, 0.25) is 0 Å². The molecular weight excluding hydrogens is 359 g/mol. The summed E-state index contributed by atoms with van der Waals surface area (Å²) in [4.78, 5) is 14.9. The van der Waals surface area contributed by atoms with Crippen molar-refractivity contribution in [2.45, 2.75) is 6.92 Å². The number of rotatable bonds is 4. The molecule has 1 N–H and O–H groups in total. The number of halogens is 1. The molecule has 2 aromatic carbocycles. The number of ether oxygens (including phenoxy) is 1. The molecule has 6 nitrogen and oxygen atoms in total. The highest BCUT2D eigenvalue weighted by atomic mass is 19.1. The fourth-order valence-electron chi connectivity index (χ4n) is 3.27. The highest BCUT2D eigenvalue weighted by molar-refractivity contribution is 6.05. The molecule has 0 saturated carbocycles. The van der Waals surface area contributed by atoms with E-state index < -0.39 is 0 Å². The Bertz CT molecular complexity index is 978. The van der Waals surface area contributed by atoms with E-state index >= 15 is 0 Å². The Morgan fingerprint density at radius 2 is 1.82 bits per heavy atom. The van der Waals surface area contributed by atoms with Crippen molar-refractivity contribution < 1.29 is 13.9 Å². The van der Waals surface area contributed by atoms with Gasteiger partial charge in [-0.2, -0.15) is 5.10 Å². The summed E-state index contributed by atoms with van der Waals surface area (Å²) in [7, 11) is 0. The lowest BCUT2D eigenvalue weighted by Gasteiger charge is -2.28. The average Bonchev–Trinajstić information content (AvgIpc) is 3.11. The SMILES string of the molecule is Cc1c(C(=O)Nc2ccc(N3CCOCC3)cc2)cnn1-c1ccccc1F. The summed E-state index contributed by atoms with van der Waals surface area (Å²) in [5.41, 5.74) is 3.09. The van der Waals surface area contributed by atoms with Crippen LogP contribution >= 0.6 is 0 Å². The highest BCUT2D eigenvalue weighted by Gasteiger charge is 2.17. The topological polar surface area (TPSA) is 59.4 Å². The van der Waals surface area contributed by atoms with E-state index in [1.807, 2.05) is 24.3 Å². The second-order valence-corrected chi connectivity index (χ2v) is 6.61. The van der Waals surface area contributed by atoms with E-state index in [0.717, 1.165) is 32.0 Å².